The van der Waals surface area contributed by atoms with Crippen LogP contribution in [0.1, 0.15) is 25.0 Å². The molecule has 1 N–H and O–H groups in total. The molecule has 0 bridgehead atoms. The summed E-state index contributed by atoms with van der Waals surface area (Å²) in [5.74, 6) is 0. The molecular weight excluding hydrogens is 234 g/mol. The van der Waals surface area contributed by atoms with Crippen molar-refractivity contribution >= 4 is 23.8 Å². The molecule has 17 heavy (non-hydrogen) atoms. The molecular formula is C13H14ClN3. The lowest BCUT2D eigenvalue weighted by Gasteiger charge is -2.21. The number of halogens is 1. The Labute approximate surface area is 106 Å². The molecule has 1 aliphatic heterocycles. The van der Waals surface area contributed by atoms with Crippen molar-refractivity contribution in [2.75, 3.05) is 0 Å². The average Bonchev–Trinajstić information content (AvgIpc) is 2.86. The van der Waals surface area contributed by atoms with Crippen LogP contribution in [0, 0.1) is 0 Å². The van der Waals surface area contributed by atoms with Crippen molar-refractivity contribution in [1.29, 1.82) is 0 Å². The number of hydrogen-bond donors (Lipinski definition) is 1. The molecule has 1 aromatic carbocycles. The van der Waals surface area contributed by atoms with Crippen LogP contribution < -0.4 is 0 Å². The number of aliphatic imine (C=N–C) groups is 1. The first-order chi connectivity index (χ1) is 7.69. The van der Waals surface area contributed by atoms with E-state index in [1.165, 1.54) is 5.56 Å². The predicted molar refractivity (Wildman–Crippen MR) is 71.5 cm³/mol. The summed E-state index contributed by atoms with van der Waals surface area (Å²) in [7, 11) is 0. The summed E-state index contributed by atoms with van der Waals surface area (Å²) in [6.45, 7) is 4.40. The highest BCUT2D eigenvalue weighted by Crippen LogP contribution is 2.41. The van der Waals surface area contributed by atoms with Gasteiger partial charge in [-0.05, 0) is 11.6 Å². The van der Waals surface area contributed by atoms with Gasteiger partial charge in [0, 0.05) is 17.2 Å². The molecule has 0 unspecified atom stereocenters. The second kappa shape index (κ2) is 4.00. The molecule has 88 valence electrons. The number of aromatic nitrogens is 2. The molecule has 0 aliphatic carbocycles. The van der Waals surface area contributed by atoms with Crippen molar-refractivity contribution in [3.05, 3.63) is 47.8 Å². The van der Waals surface area contributed by atoms with Gasteiger partial charge in [-0.1, -0.05) is 32.0 Å². The van der Waals surface area contributed by atoms with Crippen LogP contribution in [-0.2, 0) is 5.41 Å². The normalized spacial score (nSPS) is 16.0. The quantitative estimate of drug-likeness (QED) is 0.826. The summed E-state index contributed by atoms with van der Waals surface area (Å²) in [5.41, 5.74) is 4.47. The van der Waals surface area contributed by atoms with E-state index in [0.717, 1.165) is 17.0 Å². The van der Waals surface area contributed by atoms with Crippen LogP contribution in [-0.4, -0.2) is 15.9 Å². The minimum absolute atomic E-state index is 0. The number of benzene rings is 1. The van der Waals surface area contributed by atoms with Crippen molar-refractivity contribution in [3.8, 4) is 0 Å². The fourth-order valence-electron chi connectivity index (χ4n) is 2.29. The van der Waals surface area contributed by atoms with E-state index in [0.29, 0.717) is 0 Å². The third-order valence-corrected chi connectivity index (χ3v) is 3.17. The van der Waals surface area contributed by atoms with Crippen LogP contribution in [0.3, 0.4) is 0 Å². The van der Waals surface area contributed by atoms with E-state index in [2.05, 4.69) is 42.2 Å². The van der Waals surface area contributed by atoms with Gasteiger partial charge in [-0.3, -0.25) is 10.1 Å². The monoisotopic (exact) mass is 247 g/mol. The van der Waals surface area contributed by atoms with Gasteiger partial charge in [0.25, 0.3) is 0 Å². The minimum Gasteiger partial charge on any atom is -0.285 e. The first-order valence-electron chi connectivity index (χ1n) is 5.37. The maximum atomic E-state index is 4.70. The molecule has 4 heteroatoms. The number of hydrogen-bond acceptors (Lipinski definition) is 2. The van der Waals surface area contributed by atoms with Crippen molar-refractivity contribution in [1.82, 2.24) is 10.2 Å². The molecule has 2 aromatic rings. The van der Waals surface area contributed by atoms with Gasteiger partial charge in [0.15, 0.2) is 0 Å². The number of rotatable bonds is 1. The van der Waals surface area contributed by atoms with E-state index in [-0.39, 0.29) is 17.8 Å². The number of para-hydroxylation sites is 1. The number of aromatic amines is 1. The topological polar surface area (TPSA) is 41.0 Å². The zero-order chi connectivity index (χ0) is 11.2. The highest BCUT2D eigenvalue weighted by Gasteiger charge is 2.35. The summed E-state index contributed by atoms with van der Waals surface area (Å²) < 4.78 is 0. The molecule has 0 saturated heterocycles. The highest BCUT2D eigenvalue weighted by molar-refractivity contribution is 6.11. The fraction of sp³-hybridized carbons (Fsp3) is 0.231. The minimum atomic E-state index is -0.0412. The number of nitrogens with one attached hydrogen (secondary N) is 1. The van der Waals surface area contributed by atoms with Crippen LogP contribution >= 0.6 is 12.4 Å². The second-order valence-electron chi connectivity index (χ2n) is 4.59. The smallest absolute Gasteiger partial charge is 0.0675 e. The molecule has 0 spiro atoms. The van der Waals surface area contributed by atoms with Crippen LogP contribution in [0.15, 0.2) is 41.7 Å². The van der Waals surface area contributed by atoms with Crippen molar-refractivity contribution in [2.24, 2.45) is 4.99 Å². The third-order valence-electron chi connectivity index (χ3n) is 3.17. The van der Waals surface area contributed by atoms with E-state index in [1.54, 1.807) is 0 Å². The van der Waals surface area contributed by atoms with Gasteiger partial charge in [0.05, 0.1) is 17.6 Å². The Balaban J connectivity index is 0.00000108. The Morgan fingerprint density at radius 3 is 2.59 bits per heavy atom. The number of nitrogens with zero attached hydrogens (tertiary/aromatic N) is 2. The summed E-state index contributed by atoms with van der Waals surface area (Å²) >= 11 is 0. The van der Waals surface area contributed by atoms with E-state index in [4.69, 9.17) is 4.99 Å². The van der Waals surface area contributed by atoms with Crippen molar-refractivity contribution in [2.45, 2.75) is 19.3 Å². The van der Waals surface area contributed by atoms with Gasteiger partial charge >= 0.3 is 0 Å². The lowest BCUT2D eigenvalue weighted by atomic mass is 9.80. The Hall–Kier alpha value is -1.61. The molecule has 1 aromatic heterocycles. The zero-order valence-electron chi connectivity index (χ0n) is 9.77. The molecule has 0 saturated carbocycles. The molecule has 0 fully saturated rings. The molecule has 0 radical (unpaired) electrons. The second-order valence-corrected chi connectivity index (χ2v) is 4.59. The lowest BCUT2D eigenvalue weighted by Crippen LogP contribution is -2.25. The largest absolute Gasteiger partial charge is 0.285 e. The van der Waals surface area contributed by atoms with Gasteiger partial charge < -0.3 is 0 Å². The van der Waals surface area contributed by atoms with Crippen LogP contribution in [0.4, 0.5) is 5.69 Å². The van der Waals surface area contributed by atoms with Crippen LogP contribution in [0.5, 0.6) is 0 Å². The summed E-state index contributed by atoms with van der Waals surface area (Å²) in [6.07, 6.45) is 3.72. The first-order valence-corrected chi connectivity index (χ1v) is 5.37. The summed E-state index contributed by atoms with van der Waals surface area (Å²) in [4.78, 5) is 4.70. The van der Waals surface area contributed by atoms with Crippen molar-refractivity contribution in [3.63, 3.8) is 0 Å². The van der Waals surface area contributed by atoms with E-state index >= 15 is 0 Å². The van der Waals surface area contributed by atoms with Gasteiger partial charge in [-0.25, -0.2) is 0 Å². The molecule has 3 nitrogen and oxygen atoms in total. The SMILES string of the molecule is CC1(C)C(c2cn[nH]c2)=Nc2ccccc21.Cl. The standard InChI is InChI=1S/C13H13N3.ClH/c1-13(2)10-5-3-4-6-11(10)16-12(13)9-7-14-15-8-9;/h3-8H,1-2H3,(H,14,15);1H. The highest BCUT2D eigenvalue weighted by atomic mass is 35.5. The average molecular weight is 248 g/mol. The molecule has 2 heterocycles. The van der Waals surface area contributed by atoms with E-state index in [9.17, 15) is 0 Å². The van der Waals surface area contributed by atoms with E-state index < -0.39 is 0 Å². The fourth-order valence-corrected chi connectivity index (χ4v) is 2.29. The van der Waals surface area contributed by atoms with Gasteiger partial charge in [-0.2, -0.15) is 5.10 Å². The molecule has 0 atom stereocenters. The van der Waals surface area contributed by atoms with Gasteiger partial charge in [0.2, 0.25) is 0 Å². The van der Waals surface area contributed by atoms with Crippen LogP contribution in [0.2, 0.25) is 0 Å². The molecule has 1 aliphatic rings. The molecule has 0 amide bonds. The van der Waals surface area contributed by atoms with Gasteiger partial charge in [-0.15, -0.1) is 12.4 Å². The first kappa shape index (κ1) is 11.9. The predicted octanol–water partition coefficient (Wildman–Crippen LogP) is 3.24. The van der Waals surface area contributed by atoms with Crippen molar-refractivity contribution < 1.29 is 0 Å². The number of H-pyrrole nitrogens is 1. The zero-order valence-corrected chi connectivity index (χ0v) is 10.6. The Morgan fingerprint density at radius 2 is 1.94 bits per heavy atom. The maximum absolute atomic E-state index is 4.70. The Bertz CT molecular complexity index is 556. The maximum Gasteiger partial charge on any atom is 0.0675 e. The van der Waals surface area contributed by atoms with Crippen LogP contribution in [0.25, 0.3) is 0 Å². The Morgan fingerprint density at radius 1 is 1.18 bits per heavy atom. The molecule has 3 rings (SSSR count). The lowest BCUT2D eigenvalue weighted by molar-refractivity contribution is 0.737. The number of fused-ring (bicyclic) bond motifs is 1. The Kier molecular flexibility index (Phi) is 2.79. The summed E-state index contributed by atoms with van der Waals surface area (Å²) in [6, 6.07) is 8.29. The summed E-state index contributed by atoms with van der Waals surface area (Å²) in [5, 5.41) is 6.83. The van der Waals surface area contributed by atoms with E-state index in [1.807, 2.05) is 18.5 Å². The van der Waals surface area contributed by atoms with Gasteiger partial charge in [0.1, 0.15) is 0 Å². The third kappa shape index (κ3) is 1.67.